The van der Waals surface area contributed by atoms with Gasteiger partial charge in [0.25, 0.3) is 0 Å². The van der Waals surface area contributed by atoms with Crippen molar-refractivity contribution in [2.24, 2.45) is 10.7 Å². The van der Waals surface area contributed by atoms with Gasteiger partial charge in [-0.1, -0.05) is 12.1 Å². The summed E-state index contributed by atoms with van der Waals surface area (Å²) in [5.74, 6) is 1.49. The van der Waals surface area contributed by atoms with Crippen LogP contribution in [0.4, 0.5) is 0 Å². The van der Waals surface area contributed by atoms with Gasteiger partial charge in [-0.05, 0) is 51.4 Å². The second kappa shape index (κ2) is 13.2. The number of ether oxygens (including phenoxy) is 2. The molecule has 1 aromatic rings. The molecule has 2 rings (SSSR count). The summed E-state index contributed by atoms with van der Waals surface area (Å²) >= 11 is 0. The topological polar surface area (TPSA) is 63.3 Å². The first-order valence-corrected chi connectivity index (χ1v) is 9.68. The van der Waals surface area contributed by atoms with Crippen LogP contribution >= 0.6 is 24.0 Å². The van der Waals surface area contributed by atoms with Crippen LogP contribution in [0.25, 0.3) is 0 Å². The quantitative estimate of drug-likeness (QED) is 0.328. The van der Waals surface area contributed by atoms with Crippen molar-refractivity contribution >= 4 is 29.9 Å². The highest BCUT2D eigenvalue weighted by molar-refractivity contribution is 14.0. The largest absolute Gasteiger partial charge is 0.492 e. The fourth-order valence-electron chi connectivity index (χ4n) is 3.17. The molecule has 0 atom stereocenters. The fraction of sp³-hybridized carbons (Fsp3) is 0.650. The van der Waals surface area contributed by atoms with Crippen LogP contribution in [-0.4, -0.2) is 68.3 Å². The average Bonchev–Trinajstić information content (AvgIpc) is 2.68. The van der Waals surface area contributed by atoms with E-state index >= 15 is 0 Å². The molecule has 7 heteroatoms. The van der Waals surface area contributed by atoms with Crippen molar-refractivity contribution in [2.75, 3.05) is 46.5 Å². The smallest absolute Gasteiger partial charge is 0.191 e. The Morgan fingerprint density at radius 3 is 2.63 bits per heavy atom. The van der Waals surface area contributed by atoms with E-state index in [-0.39, 0.29) is 24.0 Å². The minimum atomic E-state index is 0. The number of rotatable bonds is 9. The monoisotopic (exact) mass is 490 g/mol. The summed E-state index contributed by atoms with van der Waals surface area (Å²) in [6.07, 6.45) is 2.22. The van der Waals surface area contributed by atoms with E-state index in [4.69, 9.17) is 15.2 Å². The maximum absolute atomic E-state index is 6.04. The minimum Gasteiger partial charge on any atom is -0.492 e. The van der Waals surface area contributed by atoms with Gasteiger partial charge in [0.2, 0.25) is 0 Å². The zero-order valence-corrected chi connectivity index (χ0v) is 19.2. The highest BCUT2D eigenvalue weighted by Gasteiger charge is 2.17. The van der Waals surface area contributed by atoms with Crippen LogP contribution in [-0.2, 0) is 11.3 Å². The first-order valence-electron chi connectivity index (χ1n) is 9.68. The Morgan fingerprint density at radius 1 is 1.26 bits per heavy atom. The number of nitrogens with two attached hydrogens (primary N) is 1. The first-order chi connectivity index (χ1) is 12.6. The molecule has 1 aliphatic heterocycles. The molecular formula is C20H35IN4O2. The van der Waals surface area contributed by atoms with Crippen molar-refractivity contribution in [1.82, 2.24) is 9.80 Å². The molecule has 0 bridgehead atoms. The molecule has 6 nitrogen and oxygen atoms in total. The molecule has 0 amide bonds. The number of hydrogen-bond acceptors (Lipinski definition) is 4. The number of aliphatic imine (C=N–C) groups is 1. The van der Waals surface area contributed by atoms with Crippen molar-refractivity contribution in [2.45, 2.75) is 39.3 Å². The van der Waals surface area contributed by atoms with Gasteiger partial charge in [-0.25, -0.2) is 4.99 Å². The highest BCUT2D eigenvalue weighted by Crippen LogP contribution is 2.15. The van der Waals surface area contributed by atoms with Crippen LogP contribution in [0.3, 0.4) is 0 Å². The van der Waals surface area contributed by atoms with E-state index in [2.05, 4.69) is 36.9 Å². The second-order valence-corrected chi connectivity index (χ2v) is 6.67. The Hall–Kier alpha value is -1.06. The van der Waals surface area contributed by atoms with Gasteiger partial charge < -0.3 is 20.1 Å². The van der Waals surface area contributed by atoms with Crippen LogP contribution < -0.4 is 10.5 Å². The number of nitrogens with zero attached hydrogens (tertiary/aromatic N) is 3. The Morgan fingerprint density at radius 2 is 1.96 bits per heavy atom. The van der Waals surface area contributed by atoms with Crippen molar-refractivity contribution < 1.29 is 9.47 Å². The Kier molecular flexibility index (Phi) is 11.7. The van der Waals surface area contributed by atoms with E-state index in [0.717, 1.165) is 57.0 Å². The summed E-state index contributed by atoms with van der Waals surface area (Å²) in [7, 11) is 2.17. The predicted molar refractivity (Wildman–Crippen MR) is 122 cm³/mol. The maximum Gasteiger partial charge on any atom is 0.191 e. The Labute approximate surface area is 181 Å². The van der Waals surface area contributed by atoms with Crippen LogP contribution in [0.1, 0.15) is 32.3 Å². The van der Waals surface area contributed by atoms with E-state index in [0.29, 0.717) is 25.2 Å². The number of hydrogen-bond donors (Lipinski definition) is 1. The van der Waals surface area contributed by atoms with Gasteiger partial charge in [0.15, 0.2) is 5.96 Å². The summed E-state index contributed by atoms with van der Waals surface area (Å²) in [6, 6.07) is 8.72. The third kappa shape index (κ3) is 8.23. The van der Waals surface area contributed by atoms with E-state index < -0.39 is 0 Å². The molecule has 1 heterocycles. The minimum absolute atomic E-state index is 0. The van der Waals surface area contributed by atoms with Crippen molar-refractivity contribution in [1.29, 1.82) is 0 Å². The summed E-state index contributed by atoms with van der Waals surface area (Å²) in [4.78, 5) is 8.92. The summed E-state index contributed by atoms with van der Waals surface area (Å²) in [5.41, 5.74) is 7.15. The van der Waals surface area contributed by atoms with E-state index in [1.165, 1.54) is 0 Å². The molecule has 1 saturated heterocycles. The lowest BCUT2D eigenvalue weighted by Crippen LogP contribution is -2.38. The molecule has 0 unspecified atom stereocenters. The van der Waals surface area contributed by atoms with Crippen molar-refractivity contribution in [3.05, 3.63) is 29.8 Å². The van der Waals surface area contributed by atoms with Crippen LogP contribution in [0, 0.1) is 0 Å². The molecule has 0 aromatic heterocycles. The number of guanidine groups is 1. The summed E-state index contributed by atoms with van der Waals surface area (Å²) in [5, 5.41) is 0. The van der Waals surface area contributed by atoms with E-state index in [1.54, 1.807) is 0 Å². The standard InChI is InChI=1S/C20H34N4O2.HI/c1-4-24(5-2)20(21)22-16-17-7-6-8-19(15-17)26-14-11-23(3)18-9-12-25-13-10-18;/h6-8,15,18H,4-5,9-14,16H2,1-3H3,(H2,21,22);1H. The third-order valence-electron chi connectivity index (χ3n) is 4.94. The maximum atomic E-state index is 6.04. The zero-order chi connectivity index (χ0) is 18.8. The lowest BCUT2D eigenvalue weighted by Gasteiger charge is -2.31. The van der Waals surface area contributed by atoms with Crippen molar-refractivity contribution in [3.8, 4) is 5.75 Å². The number of benzene rings is 1. The number of likely N-dealkylation sites (N-methyl/N-ethyl adjacent to an activating group) is 1. The summed E-state index contributed by atoms with van der Waals surface area (Å²) in [6.45, 7) is 9.82. The molecule has 0 spiro atoms. The molecule has 154 valence electrons. The molecule has 0 aliphatic carbocycles. The van der Waals surface area contributed by atoms with Crippen molar-refractivity contribution in [3.63, 3.8) is 0 Å². The van der Waals surface area contributed by atoms with Gasteiger partial charge in [-0.2, -0.15) is 0 Å². The molecule has 1 aliphatic rings. The fourth-order valence-corrected chi connectivity index (χ4v) is 3.17. The molecular weight excluding hydrogens is 455 g/mol. The molecule has 0 saturated carbocycles. The lowest BCUT2D eigenvalue weighted by molar-refractivity contribution is 0.0392. The van der Waals surface area contributed by atoms with Gasteiger partial charge >= 0.3 is 0 Å². The Balaban J connectivity index is 0.00000364. The summed E-state index contributed by atoms with van der Waals surface area (Å²) < 4.78 is 11.4. The molecule has 2 N–H and O–H groups in total. The molecule has 1 fully saturated rings. The van der Waals surface area contributed by atoms with E-state index in [9.17, 15) is 0 Å². The predicted octanol–water partition coefficient (Wildman–Crippen LogP) is 2.95. The van der Waals surface area contributed by atoms with Gasteiger partial charge in [0.05, 0.1) is 6.54 Å². The van der Waals surface area contributed by atoms with Crippen LogP contribution in [0.5, 0.6) is 5.75 Å². The molecule has 27 heavy (non-hydrogen) atoms. The third-order valence-corrected chi connectivity index (χ3v) is 4.94. The van der Waals surface area contributed by atoms with Crippen LogP contribution in [0.15, 0.2) is 29.3 Å². The van der Waals surface area contributed by atoms with E-state index in [1.807, 2.05) is 23.1 Å². The molecule has 1 aromatic carbocycles. The first kappa shape index (κ1) is 24.0. The zero-order valence-electron chi connectivity index (χ0n) is 16.9. The Bertz CT molecular complexity index is 561. The molecule has 0 radical (unpaired) electrons. The second-order valence-electron chi connectivity index (χ2n) is 6.67. The van der Waals surface area contributed by atoms with Gasteiger partial charge in [-0.15, -0.1) is 24.0 Å². The van der Waals surface area contributed by atoms with Crippen LogP contribution in [0.2, 0.25) is 0 Å². The average molecular weight is 490 g/mol. The lowest BCUT2D eigenvalue weighted by atomic mass is 10.1. The van der Waals surface area contributed by atoms with Gasteiger partial charge in [-0.3, -0.25) is 4.90 Å². The number of halogens is 1. The highest BCUT2D eigenvalue weighted by atomic mass is 127. The normalized spacial score (nSPS) is 15.5. The van der Waals surface area contributed by atoms with Gasteiger partial charge in [0.1, 0.15) is 12.4 Å². The van der Waals surface area contributed by atoms with Gasteiger partial charge in [0, 0.05) is 38.9 Å². The SMILES string of the molecule is CCN(CC)C(N)=NCc1cccc(OCCN(C)C2CCOCC2)c1.I.